The molecule has 1 atom stereocenters. The Morgan fingerprint density at radius 1 is 1.39 bits per heavy atom. The first-order valence-corrected chi connectivity index (χ1v) is 6.70. The fraction of sp³-hybridized carbons (Fsp3) is 0.846. The first-order chi connectivity index (χ1) is 8.49. The minimum atomic E-state index is -4.14. The first-order valence-electron chi connectivity index (χ1n) is 6.70. The van der Waals surface area contributed by atoms with Crippen molar-refractivity contribution >= 4 is 0 Å². The maximum atomic E-state index is 12.5. The zero-order chi connectivity index (χ0) is 13.6. The molecule has 0 aromatic rings. The highest BCUT2D eigenvalue weighted by atomic mass is 19.4. The Hall–Kier alpha value is -0.550. The number of halogens is 3. The predicted molar refractivity (Wildman–Crippen MR) is 67.6 cm³/mol. The van der Waals surface area contributed by atoms with Crippen molar-refractivity contribution in [2.75, 3.05) is 26.2 Å². The number of hydrogen-bond acceptors (Lipinski definition) is 2. The standard InChI is InChI=1S/C13H23F3N2/c1-3-7-17-10-12(4-2)18-8-5-11(6-9-18)13(14,15)16/h5,12,17H,3-4,6-10H2,1-2H3. The third-order valence-corrected chi connectivity index (χ3v) is 3.40. The molecule has 2 nitrogen and oxygen atoms in total. The fourth-order valence-corrected chi connectivity index (χ4v) is 2.25. The van der Waals surface area contributed by atoms with E-state index in [-0.39, 0.29) is 12.0 Å². The molecular formula is C13H23F3N2. The lowest BCUT2D eigenvalue weighted by atomic mass is 10.0. The number of rotatable bonds is 6. The van der Waals surface area contributed by atoms with Crippen LogP contribution in [0.3, 0.4) is 0 Å². The van der Waals surface area contributed by atoms with Crippen molar-refractivity contribution < 1.29 is 13.2 Å². The smallest absolute Gasteiger partial charge is 0.315 e. The average Bonchev–Trinajstić information content (AvgIpc) is 2.34. The summed E-state index contributed by atoms with van der Waals surface area (Å²) in [7, 11) is 0. The summed E-state index contributed by atoms with van der Waals surface area (Å²) in [5.74, 6) is 0. The van der Waals surface area contributed by atoms with Gasteiger partial charge in [0.05, 0.1) is 0 Å². The van der Waals surface area contributed by atoms with Crippen molar-refractivity contribution in [3.63, 3.8) is 0 Å². The molecule has 0 amide bonds. The van der Waals surface area contributed by atoms with Gasteiger partial charge >= 0.3 is 6.18 Å². The minimum absolute atomic E-state index is 0.119. The Morgan fingerprint density at radius 2 is 2.11 bits per heavy atom. The molecule has 5 heteroatoms. The predicted octanol–water partition coefficient (Wildman–Crippen LogP) is 2.96. The highest BCUT2D eigenvalue weighted by Crippen LogP contribution is 2.30. The van der Waals surface area contributed by atoms with Crippen molar-refractivity contribution in [1.82, 2.24) is 10.2 Å². The molecule has 106 valence electrons. The second kappa shape index (κ2) is 7.14. The quantitative estimate of drug-likeness (QED) is 0.586. The van der Waals surface area contributed by atoms with Crippen LogP contribution >= 0.6 is 0 Å². The monoisotopic (exact) mass is 264 g/mol. The number of nitrogens with one attached hydrogen (secondary N) is 1. The molecule has 0 spiro atoms. The minimum Gasteiger partial charge on any atom is -0.315 e. The lowest BCUT2D eigenvalue weighted by molar-refractivity contribution is -0.0964. The van der Waals surface area contributed by atoms with E-state index in [9.17, 15) is 13.2 Å². The summed E-state index contributed by atoms with van der Waals surface area (Å²) < 4.78 is 37.5. The van der Waals surface area contributed by atoms with Crippen molar-refractivity contribution in [2.24, 2.45) is 0 Å². The van der Waals surface area contributed by atoms with Crippen LogP contribution in [0.5, 0.6) is 0 Å². The van der Waals surface area contributed by atoms with E-state index in [0.717, 1.165) is 25.9 Å². The van der Waals surface area contributed by atoms with Crippen LogP contribution in [-0.2, 0) is 0 Å². The molecule has 0 radical (unpaired) electrons. The SMILES string of the molecule is CCCNCC(CC)N1CC=C(C(F)(F)F)CC1. The lowest BCUT2D eigenvalue weighted by Crippen LogP contribution is -2.45. The molecule has 1 unspecified atom stereocenters. The van der Waals surface area contributed by atoms with Crippen LogP contribution in [0.4, 0.5) is 13.2 Å². The number of alkyl halides is 3. The van der Waals surface area contributed by atoms with Crippen molar-refractivity contribution in [3.8, 4) is 0 Å². The zero-order valence-corrected chi connectivity index (χ0v) is 11.2. The average molecular weight is 264 g/mol. The van der Waals surface area contributed by atoms with E-state index < -0.39 is 6.18 Å². The van der Waals surface area contributed by atoms with Gasteiger partial charge < -0.3 is 5.32 Å². The number of hydrogen-bond donors (Lipinski definition) is 1. The maximum absolute atomic E-state index is 12.5. The zero-order valence-electron chi connectivity index (χ0n) is 11.2. The second-order valence-electron chi connectivity index (χ2n) is 4.74. The molecule has 0 aromatic heterocycles. The molecule has 1 rings (SSSR count). The molecular weight excluding hydrogens is 241 g/mol. The Morgan fingerprint density at radius 3 is 2.56 bits per heavy atom. The third kappa shape index (κ3) is 4.61. The van der Waals surface area contributed by atoms with Crippen molar-refractivity contribution in [2.45, 2.75) is 45.3 Å². The van der Waals surface area contributed by atoms with Crippen LogP contribution in [0.2, 0.25) is 0 Å². The second-order valence-corrected chi connectivity index (χ2v) is 4.74. The van der Waals surface area contributed by atoms with Gasteiger partial charge in [0.1, 0.15) is 0 Å². The summed E-state index contributed by atoms with van der Waals surface area (Å²) in [5.41, 5.74) is -0.366. The maximum Gasteiger partial charge on any atom is 0.412 e. The van der Waals surface area contributed by atoms with Crippen LogP contribution in [0, 0.1) is 0 Å². The molecule has 1 aliphatic rings. The van der Waals surface area contributed by atoms with Crippen LogP contribution in [0.25, 0.3) is 0 Å². The molecule has 18 heavy (non-hydrogen) atoms. The van der Waals surface area contributed by atoms with Gasteiger partial charge in [-0.15, -0.1) is 0 Å². The highest BCUT2D eigenvalue weighted by Gasteiger charge is 2.35. The molecule has 1 heterocycles. The molecule has 0 fully saturated rings. The number of nitrogens with zero attached hydrogens (tertiary/aromatic N) is 1. The molecule has 0 aromatic carbocycles. The summed E-state index contributed by atoms with van der Waals surface area (Å²) in [4.78, 5) is 2.14. The van der Waals surface area contributed by atoms with E-state index >= 15 is 0 Å². The summed E-state index contributed by atoms with van der Waals surface area (Å²) in [6.07, 6.45) is -0.644. The van der Waals surface area contributed by atoms with E-state index in [0.29, 0.717) is 19.1 Å². The lowest BCUT2D eigenvalue weighted by Gasteiger charge is -2.34. The van der Waals surface area contributed by atoms with E-state index in [1.165, 1.54) is 6.08 Å². The van der Waals surface area contributed by atoms with Gasteiger partial charge in [-0.1, -0.05) is 19.9 Å². The normalized spacial score (nSPS) is 19.7. The molecule has 0 bridgehead atoms. The molecule has 0 saturated heterocycles. The molecule has 0 saturated carbocycles. The third-order valence-electron chi connectivity index (χ3n) is 3.40. The molecule has 1 N–H and O–H groups in total. The van der Waals surface area contributed by atoms with Gasteiger partial charge in [0.2, 0.25) is 0 Å². The Balaban J connectivity index is 2.46. The molecule has 0 aliphatic carbocycles. The van der Waals surface area contributed by atoms with Gasteiger partial charge in [0, 0.05) is 31.2 Å². The van der Waals surface area contributed by atoms with Crippen molar-refractivity contribution in [1.29, 1.82) is 0 Å². The van der Waals surface area contributed by atoms with Crippen LogP contribution in [0.15, 0.2) is 11.6 Å². The van der Waals surface area contributed by atoms with Crippen molar-refractivity contribution in [3.05, 3.63) is 11.6 Å². The highest BCUT2D eigenvalue weighted by molar-refractivity contribution is 5.13. The van der Waals surface area contributed by atoms with Gasteiger partial charge in [-0.05, 0) is 25.8 Å². The van der Waals surface area contributed by atoms with Crippen LogP contribution in [0.1, 0.15) is 33.1 Å². The van der Waals surface area contributed by atoms with E-state index in [4.69, 9.17) is 0 Å². The van der Waals surface area contributed by atoms with Gasteiger partial charge in [0.25, 0.3) is 0 Å². The van der Waals surface area contributed by atoms with Gasteiger partial charge in [-0.3, -0.25) is 4.90 Å². The van der Waals surface area contributed by atoms with Gasteiger partial charge in [-0.25, -0.2) is 0 Å². The molecule has 1 aliphatic heterocycles. The van der Waals surface area contributed by atoms with Crippen LogP contribution < -0.4 is 5.32 Å². The Bertz CT molecular complexity index is 274. The van der Waals surface area contributed by atoms with E-state index in [1.807, 2.05) is 0 Å². The summed E-state index contributed by atoms with van der Waals surface area (Å²) in [6, 6.07) is 0.336. The topological polar surface area (TPSA) is 15.3 Å². The summed E-state index contributed by atoms with van der Waals surface area (Å²) in [6.45, 7) is 6.95. The van der Waals surface area contributed by atoms with E-state index in [1.54, 1.807) is 0 Å². The van der Waals surface area contributed by atoms with Crippen LogP contribution in [-0.4, -0.2) is 43.3 Å². The summed E-state index contributed by atoms with van der Waals surface area (Å²) in [5, 5.41) is 3.34. The van der Waals surface area contributed by atoms with Gasteiger partial charge in [-0.2, -0.15) is 13.2 Å². The largest absolute Gasteiger partial charge is 0.412 e. The Labute approximate surface area is 107 Å². The fourth-order valence-electron chi connectivity index (χ4n) is 2.25. The van der Waals surface area contributed by atoms with Gasteiger partial charge in [0.15, 0.2) is 0 Å². The van der Waals surface area contributed by atoms with E-state index in [2.05, 4.69) is 24.1 Å². The Kier molecular flexibility index (Phi) is 6.15. The first kappa shape index (κ1) is 15.5. The summed E-state index contributed by atoms with van der Waals surface area (Å²) >= 11 is 0.